The van der Waals surface area contributed by atoms with Gasteiger partial charge in [-0.15, -0.1) is 0 Å². The van der Waals surface area contributed by atoms with E-state index in [2.05, 4.69) is 41.5 Å². The molecule has 30 heavy (non-hydrogen) atoms. The molecule has 1 aliphatic heterocycles. The number of hydrogen-bond donors (Lipinski definition) is 0. The fourth-order valence-corrected chi connectivity index (χ4v) is 4.04. The molecule has 0 radical (unpaired) electrons. The van der Waals surface area contributed by atoms with Crippen molar-refractivity contribution in [3.8, 4) is 5.75 Å². The van der Waals surface area contributed by atoms with Crippen molar-refractivity contribution < 1.29 is 9.53 Å². The van der Waals surface area contributed by atoms with E-state index in [1.54, 1.807) is 0 Å². The maximum atomic E-state index is 12.8. The van der Waals surface area contributed by atoms with E-state index in [1.807, 2.05) is 43.0 Å². The number of nitrogens with zero attached hydrogens (tertiary/aromatic N) is 4. The van der Waals surface area contributed by atoms with Gasteiger partial charge in [0.1, 0.15) is 11.4 Å². The third-order valence-electron chi connectivity index (χ3n) is 5.79. The first-order valence-corrected chi connectivity index (χ1v) is 10.6. The number of imidazole rings is 1. The highest BCUT2D eigenvalue weighted by Crippen LogP contribution is 2.18. The van der Waals surface area contributed by atoms with Gasteiger partial charge in [-0.1, -0.05) is 12.1 Å². The summed E-state index contributed by atoms with van der Waals surface area (Å²) < 4.78 is 8.06. The summed E-state index contributed by atoms with van der Waals surface area (Å²) in [5.74, 6) is 0.797. The third kappa shape index (κ3) is 4.33. The van der Waals surface area contributed by atoms with Crippen LogP contribution in [0, 0.1) is 20.8 Å². The average Bonchev–Trinajstić information content (AvgIpc) is 3.02. The van der Waals surface area contributed by atoms with Gasteiger partial charge in [0.05, 0.1) is 11.4 Å². The van der Waals surface area contributed by atoms with E-state index in [9.17, 15) is 4.79 Å². The number of amides is 1. The highest BCUT2D eigenvalue weighted by Gasteiger charge is 2.26. The Bertz CT molecular complexity index is 1050. The fraction of sp³-hybridized carbons (Fsp3) is 0.417. The number of fused-ring (bicyclic) bond motifs is 1. The Hall–Kier alpha value is -2.86. The molecule has 0 bridgehead atoms. The monoisotopic (exact) mass is 406 g/mol. The van der Waals surface area contributed by atoms with E-state index in [4.69, 9.17) is 9.72 Å². The summed E-state index contributed by atoms with van der Waals surface area (Å²) in [7, 11) is 0. The Labute approximate surface area is 178 Å². The van der Waals surface area contributed by atoms with E-state index < -0.39 is 6.10 Å². The normalized spacial score (nSPS) is 16.1. The van der Waals surface area contributed by atoms with Crippen molar-refractivity contribution in [2.75, 3.05) is 26.2 Å². The summed E-state index contributed by atoms with van der Waals surface area (Å²) in [4.78, 5) is 21.9. The SMILES string of the molecule is Cc1cccc(OC(C)C(=O)N2CCN(Cc3c(C)nc4cc(C)ccn34)CC2)c1. The summed E-state index contributed by atoms with van der Waals surface area (Å²) >= 11 is 0. The van der Waals surface area contributed by atoms with Gasteiger partial charge in [-0.05, 0) is 63.1 Å². The molecular weight excluding hydrogens is 376 g/mol. The minimum atomic E-state index is -0.484. The second kappa shape index (κ2) is 8.48. The largest absolute Gasteiger partial charge is 0.481 e. The van der Waals surface area contributed by atoms with Crippen LogP contribution in [-0.4, -0.2) is 57.4 Å². The fourth-order valence-electron chi connectivity index (χ4n) is 4.04. The summed E-state index contributed by atoms with van der Waals surface area (Å²) in [5, 5.41) is 0. The zero-order chi connectivity index (χ0) is 21.3. The zero-order valence-corrected chi connectivity index (χ0v) is 18.3. The molecular formula is C24H30N4O2. The number of pyridine rings is 1. The second-order valence-corrected chi connectivity index (χ2v) is 8.25. The molecule has 1 unspecified atom stereocenters. The Balaban J connectivity index is 1.35. The molecule has 0 aliphatic carbocycles. The van der Waals surface area contributed by atoms with Gasteiger partial charge in [-0.3, -0.25) is 9.69 Å². The van der Waals surface area contributed by atoms with Gasteiger partial charge in [0.2, 0.25) is 0 Å². The highest BCUT2D eigenvalue weighted by molar-refractivity contribution is 5.81. The maximum Gasteiger partial charge on any atom is 0.263 e. The van der Waals surface area contributed by atoms with Crippen LogP contribution in [0.3, 0.4) is 0 Å². The average molecular weight is 407 g/mol. The lowest BCUT2D eigenvalue weighted by Gasteiger charge is -2.35. The predicted molar refractivity (Wildman–Crippen MR) is 118 cm³/mol. The Morgan fingerprint density at radius 2 is 1.80 bits per heavy atom. The lowest BCUT2D eigenvalue weighted by atomic mass is 10.2. The molecule has 1 amide bonds. The van der Waals surface area contributed by atoms with Gasteiger partial charge >= 0.3 is 0 Å². The molecule has 0 N–H and O–H groups in total. The molecule has 1 aliphatic rings. The predicted octanol–water partition coefficient (Wildman–Crippen LogP) is 3.37. The van der Waals surface area contributed by atoms with Crippen molar-refractivity contribution >= 4 is 11.6 Å². The van der Waals surface area contributed by atoms with Crippen LogP contribution in [0.15, 0.2) is 42.6 Å². The number of benzene rings is 1. The van der Waals surface area contributed by atoms with Crippen molar-refractivity contribution in [2.24, 2.45) is 0 Å². The lowest BCUT2D eigenvalue weighted by Crippen LogP contribution is -2.51. The summed E-state index contributed by atoms with van der Waals surface area (Å²) in [6.45, 7) is 12.0. The van der Waals surface area contributed by atoms with Gasteiger partial charge in [-0.2, -0.15) is 0 Å². The Morgan fingerprint density at radius 3 is 2.53 bits per heavy atom. The molecule has 158 valence electrons. The number of aromatic nitrogens is 2. The van der Waals surface area contributed by atoms with Crippen LogP contribution in [0.2, 0.25) is 0 Å². The van der Waals surface area contributed by atoms with Crippen molar-refractivity contribution in [2.45, 2.75) is 40.3 Å². The highest BCUT2D eigenvalue weighted by atomic mass is 16.5. The van der Waals surface area contributed by atoms with Crippen molar-refractivity contribution in [1.29, 1.82) is 0 Å². The van der Waals surface area contributed by atoms with Crippen LogP contribution in [0.25, 0.3) is 5.65 Å². The van der Waals surface area contributed by atoms with Crippen LogP contribution >= 0.6 is 0 Å². The first-order chi connectivity index (χ1) is 14.4. The quantitative estimate of drug-likeness (QED) is 0.652. The lowest BCUT2D eigenvalue weighted by molar-refractivity contribution is -0.139. The number of hydrogen-bond acceptors (Lipinski definition) is 4. The molecule has 6 heteroatoms. The molecule has 1 fully saturated rings. The Kier molecular flexibility index (Phi) is 5.77. The van der Waals surface area contributed by atoms with Crippen molar-refractivity contribution in [1.82, 2.24) is 19.2 Å². The van der Waals surface area contributed by atoms with E-state index in [-0.39, 0.29) is 5.91 Å². The molecule has 0 saturated carbocycles. The molecule has 3 heterocycles. The van der Waals surface area contributed by atoms with Crippen LogP contribution in [0.1, 0.15) is 29.4 Å². The number of ether oxygens (including phenoxy) is 1. The smallest absolute Gasteiger partial charge is 0.263 e. The first kappa shape index (κ1) is 20.4. The van der Waals surface area contributed by atoms with Gasteiger partial charge in [0, 0.05) is 38.9 Å². The molecule has 6 nitrogen and oxygen atoms in total. The molecule has 1 saturated heterocycles. The molecule has 1 atom stereocenters. The zero-order valence-electron chi connectivity index (χ0n) is 18.3. The number of piperazine rings is 1. The minimum Gasteiger partial charge on any atom is -0.481 e. The summed E-state index contributed by atoms with van der Waals surface area (Å²) in [6.07, 6.45) is 1.62. The van der Waals surface area contributed by atoms with Gasteiger partial charge in [-0.25, -0.2) is 4.98 Å². The molecule has 0 spiro atoms. The summed E-state index contributed by atoms with van der Waals surface area (Å²) in [5.41, 5.74) is 5.63. The number of carbonyl (C=O) groups excluding carboxylic acids is 1. The van der Waals surface area contributed by atoms with Crippen LogP contribution in [-0.2, 0) is 11.3 Å². The standard InChI is InChI=1S/C24H30N4O2/c1-17-6-5-7-21(14-17)30-20(4)24(29)27-12-10-26(11-13-27)16-22-19(3)25-23-15-18(2)8-9-28(22)23/h5-9,14-15,20H,10-13,16H2,1-4H3. The van der Waals surface area contributed by atoms with E-state index >= 15 is 0 Å². The van der Waals surface area contributed by atoms with E-state index in [1.165, 1.54) is 11.3 Å². The van der Waals surface area contributed by atoms with Gasteiger partial charge < -0.3 is 14.0 Å². The van der Waals surface area contributed by atoms with Crippen molar-refractivity contribution in [3.63, 3.8) is 0 Å². The number of aryl methyl sites for hydroxylation is 3. The van der Waals surface area contributed by atoms with Crippen LogP contribution < -0.4 is 4.74 Å². The minimum absolute atomic E-state index is 0.0533. The second-order valence-electron chi connectivity index (χ2n) is 8.25. The van der Waals surface area contributed by atoms with Crippen LogP contribution in [0.4, 0.5) is 0 Å². The van der Waals surface area contributed by atoms with Crippen molar-refractivity contribution in [3.05, 3.63) is 65.1 Å². The molecule has 4 rings (SSSR count). The van der Waals surface area contributed by atoms with Gasteiger partial charge in [0.25, 0.3) is 5.91 Å². The molecule has 1 aromatic carbocycles. The first-order valence-electron chi connectivity index (χ1n) is 10.6. The van der Waals surface area contributed by atoms with E-state index in [0.29, 0.717) is 0 Å². The Morgan fingerprint density at radius 1 is 1.07 bits per heavy atom. The maximum absolute atomic E-state index is 12.8. The van der Waals surface area contributed by atoms with Gasteiger partial charge in [0.15, 0.2) is 6.10 Å². The topological polar surface area (TPSA) is 50.1 Å². The summed E-state index contributed by atoms with van der Waals surface area (Å²) in [6, 6.07) is 12.1. The third-order valence-corrected chi connectivity index (χ3v) is 5.79. The molecule has 2 aromatic heterocycles. The van der Waals surface area contributed by atoms with Crippen LogP contribution in [0.5, 0.6) is 5.75 Å². The number of rotatable bonds is 5. The number of carbonyl (C=O) groups is 1. The van der Waals surface area contributed by atoms with E-state index in [0.717, 1.165) is 55.4 Å². The molecule has 3 aromatic rings.